The summed E-state index contributed by atoms with van der Waals surface area (Å²) in [5.41, 5.74) is 0. The van der Waals surface area contributed by atoms with Crippen molar-refractivity contribution in [3.05, 3.63) is 0 Å². The molecule has 1 aliphatic heterocycles. The molecule has 1 aliphatic rings. The number of likely N-dealkylation sites (N-methyl/N-ethyl adjacent to an activating group) is 1. The first-order valence-corrected chi connectivity index (χ1v) is 4.31. The van der Waals surface area contributed by atoms with Crippen LogP contribution in [0.1, 0.15) is 6.92 Å². The van der Waals surface area contributed by atoms with Crippen LogP contribution in [0.2, 0.25) is 0 Å². The molecule has 0 spiro atoms. The molecule has 90 valence electrons. The smallest absolute Gasteiger partial charge is 0.414 e. The van der Waals surface area contributed by atoms with Crippen molar-refractivity contribution >= 4 is 11.9 Å². The van der Waals surface area contributed by atoms with Crippen molar-refractivity contribution in [1.82, 2.24) is 10.2 Å². The summed E-state index contributed by atoms with van der Waals surface area (Å²) in [5.74, 6) is -3.65. The van der Waals surface area contributed by atoms with Crippen LogP contribution in [0, 0.1) is 0 Å². The number of carbonyl (C=O) groups is 2. The molecule has 0 aromatic carbocycles. The normalized spacial score (nSPS) is 20.5. The molecule has 0 amide bonds. The number of rotatable bonds is 0. The summed E-state index contributed by atoms with van der Waals surface area (Å²) in [4.78, 5) is 20.5. The van der Waals surface area contributed by atoms with Crippen LogP contribution in [0.15, 0.2) is 0 Å². The molecule has 1 fully saturated rings. The molecule has 0 aromatic rings. The summed E-state index contributed by atoms with van der Waals surface area (Å²) in [6.07, 6.45) is 0. The van der Waals surface area contributed by atoms with E-state index >= 15 is 0 Å². The Hall–Kier alpha value is -1.18. The van der Waals surface area contributed by atoms with Crippen LogP contribution in [0.25, 0.3) is 0 Å². The predicted molar refractivity (Wildman–Crippen MR) is 53.8 cm³/mol. The standard InChI is InChI=1S/C6H14N2.C2H2O4.H2O/c1-6-5-8(2)4-3-7-6;3-1(4)2(5)6;/h6-7H,3-5H2,1-2H3;(H,3,4)(H,5,6);1H2. The number of hydrogen-bond donors (Lipinski definition) is 3. The lowest BCUT2D eigenvalue weighted by Gasteiger charge is -2.28. The molecule has 1 heterocycles. The Bertz CT molecular complexity index is 189. The van der Waals surface area contributed by atoms with Crippen LogP contribution in [0.5, 0.6) is 0 Å². The topological polar surface area (TPSA) is 121 Å². The van der Waals surface area contributed by atoms with Crippen molar-refractivity contribution in [2.75, 3.05) is 26.7 Å². The Kier molecular flexibility index (Phi) is 8.84. The van der Waals surface area contributed by atoms with Gasteiger partial charge in [0.1, 0.15) is 0 Å². The average Bonchev–Trinajstić information content (AvgIpc) is 2.04. The third-order valence-corrected chi connectivity index (χ3v) is 1.75. The summed E-state index contributed by atoms with van der Waals surface area (Å²) >= 11 is 0. The number of carboxylic acids is 2. The maximum Gasteiger partial charge on any atom is 0.414 e. The van der Waals surface area contributed by atoms with E-state index < -0.39 is 11.9 Å². The molecule has 0 aliphatic carbocycles. The second kappa shape index (κ2) is 8.16. The van der Waals surface area contributed by atoms with Gasteiger partial charge in [0.25, 0.3) is 0 Å². The molecule has 1 rings (SSSR count). The molecule has 15 heavy (non-hydrogen) atoms. The van der Waals surface area contributed by atoms with Crippen LogP contribution in [0.4, 0.5) is 0 Å². The first-order valence-electron chi connectivity index (χ1n) is 4.31. The summed E-state index contributed by atoms with van der Waals surface area (Å²) in [6, 6.07) is 0.689. The molecule has 0 radical (unpaired) electrons. The van der Waals surface area contributed by atoms with Crippen LogP contribution in [-0.4, -0.2) is 65.3 Å². The first-order chi connectivity index (χ1) is 6.43. The fraction of sp³-hybridized carbons (Fsp3) is 0.750. The van der Waals surface area contributed by atoms with E-state index in [1.54, 1.807) is 0 Å². The fourth-order valence-corrected chi connectivity index (χ4v) is 1.13. The SMILES string of the molecule is CC1CN(C)CCN1.O.O=C(O)C(=O)O. The van der Waals surface area contributed by atoms with E-state index in [1.807, 2.05) is 0 Å². The maximum atomic E-state index is 9.10. The highest BCUT2D eigenvalue weighted by Crippen LogP contribution is 1.92. The zero-order valence-electron chi connectivity index (χ0n) is 8.86. The number of aliphatic carboxylic acids is 2. The summed E-state index contributed by atoms with van der Waals surface area (Å²) in [5, 5.41) is 18.2. The van der Waals surface area contributed by atoms with Gasteiger partial charge < -0.3 is 25.9 Å². The van der Waals surface area contributed by atoms with Gasteiger partial charge in [0.15, 0.2) is 0 Å². The molecule has 7 nitrogen and oxygen atoms in total. The average molecular weight is 222 g/mol. The molecule has 1 saturated heterocycles. The second-order valence-corrected chi connectivity index (χ2v) is 3.23. The number of carboxylic acid groups (broad SMARTS) is 2. The molecule has 5 N–H and O–H groups in total. The van der Waals surface area contributed by atoms with E-state index in [1.165, 1.54) is 13.1 Å². The van der Waals surface area contributed by atoms with Crippen molar-refractivity contribution in [3.63, 3.8) is 0 Å². The van der Waals surface area contributed by atoms with Crippen LogP contribution in [0.3, 0.4) is 0 Å². The summed E-state index contributed by atoms with van der Waals surface area (Å²) in [7, 11) is 2.16. The minimum absolute atomic E-state index is 0. The van der Waals surface area contributed by atoms with Gasteiger partial charge in [-0.25, -0.2) is 9.59 Å². The van der Waals surface area contributed by atoms with Crippen LogP contribution < -0.4 is 5.32 Å². The zero-order valence-corrected chi connectivity index (χ0v) is 8.86. The Morgan fingerprint density at radius 2 is 1.80 bits per heavy atom. The third-order valence-electron chi connectivity index (χ3n) is 1.75. The minimum Gasteiger partial charge on any atom is -0.473 e. The Balaban J connectivity index is 0. The van der Waals surface area contributed by atoms with Gasteiger partial charge in [-0.05, 0) is 14.0 Å². The van der Waals surface area contributed by atoms with Gasteiger partial charge in [-0.15, -0.1) is 0 Å². The zero-order chi connectivity index (χ0) is 11.1. The maximum absolute atomic E-state index is 9.10. The van der Waals surface area contributed by atoms with Crippen molar-refractivity contribution in [2.45, 2.75) is 13.0 Å². The number of nitrogens with zero attached hydrogens (tertiary/aromatic N) is 1. The fourth-order valence-electron chi connectivity index (χ4n) is 1.13. The van der Waals surface area contributed by atoms with E-state index in [9.17, 15) is 0 Å². The van der Waals surface area contributed by atoms with Gasteiger partial charge in [-0.1, -0.05) is 0 Å². The lowest BCUT2D eigenvalue weighted by molar-refractivity contribution is -0.159. The highest BCUT2D eigenvalue weighted by molar-refractivity contribution is 6.27. The monoisotopic (exact) mass is 222 g/mol. The lowest BCUT2D eigenvalue weighted by Crippen LogP contribution is -2.47. The molecule has 0 bridgehead atoms. The van der Waals surface area contributed by atoms with Crippen molar-refractivity contribution < 1.29 is 25.3 Å². The van der Waals surface area contributed by atoms with Gasteiger partial charge in [-0.2, -0.15) is 0 Å². The second-order valence-electron chi connectivity index (χ2n) is 3.23. The van der Waals surface area contributed by atoms with Gasteiger partial charge in [0.2, 0.25) is 0 Å². The molecular formula is C8H18N2O5. The summed E-state index contributed by atoms with van der Waals surface area (Å²) in [6.45, 7) is 5.76. The van der Waals surface area contributed by atoms with Gasteiger partial charge >= 0.3 is 11.9 Å². The summed E-state index contributed by atoms with van der Waals surface area (Å²) < 4.78 is 0. The largest absolute Gasteiger partial charge is 0.473 e. The van der Waals surface area contributed by atoms with E-state index in [0.29, 0.717) is 6.04 Å². The Morgan fingerprint density at radius 1 is 1.33 bits per heavy atom. The molecular weight excluding hydrogens is 204 g/mol. The molecule has 7 heteroatoms. The highest BCUT2D eigenvalue weighted by atomic mass is 16.4. The van der Waals surface area contributed by atoms with Gasteiger partial charge in [0, 0.05) is 25.7 Å². The number of nitrogens with one attached hydrogen (secondary N) is 1. The number of piperazine rings is 1. The Labute approximate surface area is 88.0 Å². The van der Waals surface area contributed by atoms with E-state index in [4.69, 9.17) is 19.8 Å². The van der Waals surface area contributed by atoms with Gasteiger partial charge in [-0.3, -0.25) is 0 Å². The van der Waals surface area contributed by atoms with E-state index in [0.717, 1.165) is 6.54 Å². The van der Waals surface area contributed by atoms with E-state index in [2.05, 4.69) is 24.2 Å². The van der Waals surface area contributed by atoms with Crippen LogP contribution >= 0.6 is 0 Å². The van der Waals surface area contributed by atoms with Gasteiger partial charge in [0.05, 0.1) is 0 Å². The first kappa shape index (κ1) is 16.3. The van der Waals surface area contributed by atoms with Crippen molar-refractivity contribution in [2.24, 2.45) is 0 Å². The number of hydrogen-bond acceptors (Lipinski definition) is 4. The lowest BCUT2D eigenvalue weighted by atomic mass is 10.2. The molecule has 1 unspecified atom stereocenters. The molecule has 0 aromatic heterocycles. The van der Waals surface area contributed by atoms with Crippen LogP contribution in [-0.2, 0) is 9.59 Å². The third kappa shape index (κ3) is 9.13. The predicted octanol–water partition coefficient (Wildman–Crippen LogP) is -1.76. The minimum atomic E-state index is -1.82. The molecule has 1 atom stereocenters. The highest BCUT2D eigenvalue weighted by Gasteiger charge is 2.09. The van der Waals surface area contributed by atoms with Crippen molar-refractivity contribution in [3.8, 4) is 0 Å². The molecule has 0 saturated carbocycles. The van der Waals surface area contributed by atoms with E-state index in [-0.39, 0.29) is 5.48 Å². The van der Waals surface area contributed by atoms with Crippen molar-refractivity contribution in [1.29, 1.82) is 0 Å². The Morgan fingerprint density at radius 3 is 2.00 bits per heavy atom. The quantitative estimate of drug-likeness (QED) is 0.417.